The number of carbonyl (C=O) groups is 1. The molecule has 0 aromatic heterocycles. The van der Waals surface area contributed by atoms with Crippen LogP contribution in [0.15, 0.2) is 18.2 Å². The van der Waals surface area contributed by atoms with Crippen molar-refractivity contribution in [1.29, 1.82) is 5.26 Å². The summed E-state index contributed by atoms with van der Waals surface area (Å²) in [4.78, 5) is 11.2. The Morgan fingerprint density at radius 1 is 1.57 bits per heavy atom. The normalized spacial score (nSPS) is 9.21. The van der Waals surface area contributed by atoms with Gasteiger partial charge in [-0.25, -0.2) is 0 Å². The highest BCUT2D eigenvalue weighted by Crippen LogP contribution is 2.20. The second-order valence-corrected chi connectivity index (χ2v) is 3.00. The zero-order valence-electron chi connectivity index (χ0n) is 8.20. The van der Waals surface area contributed by atoms with Crippen LogP contribution in [0, 0.1) is 18.3 Å². The van der Waals surface area contributed by atoms with Gasteiger partial charge in [-0.1, -0.05) is 11.6 Å². The number of benzene rings is 1. The Bertz CT molecular complexity index is 391. The topological polar surface area (TPSA) is 50.1 Å². The smallest absolute Gasteiger partial charge is 0.174 e. The quantitative estimate of drug-likeness (QED) is 0.684. The summed E-state index contributed by atoms with van der Waals surface area (Å²) in [5, 5.41) is 8.35. The highest BCUT2D eigenvalue weighted by molar-refractivity contribution is 5.97. The predicted octanol–water partition coefficient (Wildman–Crippen LogP) is 2.10. The van der Waals surface area contributed by atoms with Gasteiger partial charge in [-0.2, -0.15) is 5.26 Å². The molecule has 0 spiro atoms. The molecule has 1 rings (SSSR count). The number of nitrogens with zero attached hydrogens (tertiary/aromatic N) is 1. The molecule has 0 aliphatic carbocycles. The van der Waals surface area contributed by atoms with Gasteiger partial charge < -0.3 is 4.74 Å². The number of aryl methyl sites for hydroxylation is 1. The second kappa shape index (κ2) is 4.43. The van der Waals surface area contributed by atoms with Crippen molar-refractivity contribution < 1.29 is 9.53 Å². The fraction of sp³-hybridized carbons (Fsp3) is 0.273. The molecule has 0 unspecified atom stereocenters. The Morgan fingerprint density at radius 2 is 2.29 bits per heavy atom. The summed E-state index contributed by atoms with van der Waals surface area (Å²) in [6, 6.07) is 7.18. The number of rotatable bonds is 3. The lowest BCUT2D eigenvalue weighted by Gasteiger charge is -2.07. The van der Waals surface area contributed by atoms with Gasteiger partial charge in [-0.05, 0) is 26.0 Å². The highest BCUT2D eigenvalue weighted by atomic mass is 16.5. The van der Waals surface area contributed by atoms with Crippen LogP contribution in [0.1, 0.15) is 22.8 Å². The first-order chi connectivity index (χ1) is 6.65. The molecule has 14 heavy (non-hydrogen) atoms. The van der Waals surface area contributed by atoms with E-state index in [4.69, 9.17) is 10.00 Å². The summed E-state index contributed by atoms with van der Waals surface area (Å²) in [7, 11) is 0. The van der Waals surface area contributed by atoms with E-state index < -0.39 is 0 Å². The van der Waals surface area contributed by atoms with Gasteiger partial charge >= 0.3 is 0 Å². The molecule has 0 N–H and O–H groups in total. The number of ketones is 1. The largest absolute Gasteiger partial charge is 0.478 e. The maximum Gasteiger partial charge on any atom is 0.174 e. The van der Waals surface area contributed by atoms with Gasteiger partial charge in [0, 0.05) is 0 Å². The van der Waals surface area contributed by atoms with Crippen LogP contribution >= 0.6 is 0 Å². The maximum atomic E-state index is 11.2. The van der Waals surface area contributed by atoms with Gasteiger partial charge in [0.15, 0.2) is 12.4 Å². The fourth-order valence-corrected chi connectivity index (χ4v) is 1.15. The first-order valence-electron chi connectivity index (χ1n) is 4.26. The van der Waals surface area contributed by atoms with E-state index in [-0.39, 0.29) is 12.4 Å². The lowest BCUT2D eigenvalue weighted by atomic mass is 10.1. The summed E-state index contributed by atoms with van der Waals surface area (Å²) in [6.45, 7) is 3.35. The third-order valence-electron chi connectivity index (χ3n) is 1.81. The first-order valence-corrected chi connectivity index (χ1v) is 4.26. The van der Waals surface area contributed by atoms with Crippen LogP contribution < -0.4 is 4.74 Å². The molecule has 0 saturated carbocycles. The Hall–Kier alpha value is -1.82. The standard InChI is InChI=1S/C11H11NO2/c1-8-3-4-11(14-6-5-12)10(7-8)9(2)13/h3-4,7H,6H2,1-2H3. The van der Waals surface area contributed by atoms with Crippen molar-refractivity contribution >= 4 is 5.78 Å². The molecule has 1 aromatic carbocycles. The molecule has 0 saturated heterocycles. The molecule has 0 amide bonds. The van der Waals surface area contributed by atoms with Crippen LogP contribution in [0.4, 0.5) is 0 Å². The van der Waals surface area contributed by atoms with Crippen molar-refractivity contribution in [1.82, 2.24) is 0 Å². The highest BCUT2D eigenvalue weighted by Gasteiger charge is 2.07. The van der Waals surface area contributed by atoms with Crippen molar-refractivity contribution in [3.8, 4) is 11.8 Å². The molecule has 0 aliphatic rings. The zero-order chi connectivity index (χ0) is 10.6. The first kappa shape index (κ1) is 10.3. The average Bonchev–Trinajstić information content (AvgIpc) is 2.15. The summed E-state index contributed by atoms with van der Waals surface area (Å²) in [5.74, 6) is 0.422. The van der Waals surface area contributed by atoms with Crippen LogP contribution in [0.2, 0.25) is 0 Å². The number of carbonyl (C=O) groups excluding carboxylic acids is 1. The predicted molar refractivity (Wildman–Crippen MR) is 52.3 cm³/mol. The number of Topliss-reactive ketones (excluding diaryl/α,β-unsaturated/α-hetero) is 1. The molecule has 0 fully saturated rings. The Balaban J connectivity index is 3.03. The van der Waals surface area contributed by atoms with E-state index in [1.807, 2.05) is 19.1 Å². The lowest BCUT2D eigenvalue weighted by molar-refractivity contribution is 0.101. The van der Waals surface area contributed by atoms with Crippen molar-refractivity contribution in [2.45, 2.75) is 13.8 Å². The molecule has 0 atom stereocenters. The molecule has 3 heteroatoms. The third-order valence-corrected chi connectivity index (χ3v) is 1.81. The minimum Gasteiger partial charge on any atom is -0.478 e. The van der Waals surface area contributed by atoms with E-state index in [0.29, 0.717) is 11.3 Å². The van der Waals surface area contributed by atoms with Gasteiger partial charge in [0.2, 0.25) is 0 Å². The van der Waals surface area contributed by atoms with Crippen molar-refractivity contribution in [3.63, 3.8) is 0 Å². The van der Waals surface area contributed by atoms with Gasteiger partial charge in [0.05, 0.1) is 5.56 Å². The number of ether oxygens (including phenoxy) is 1. The fourth-order valence-electron chi connectivity index (χ4n) is 1.15. The second-order valence-electron chi connectivity index (χ2n) is 3.00. The molecule has 1 aromatic rings. The summed E-state index contributed by atoms with van der Waals surface area (Å²) < 4.78 is 5.12. The van der Waals surface area contributed by atoms with E-state index in [0.717, 1.165) is 5.56 Å². The third kappa shape index (κ3) is 2.33. The van der Waals surface area contributed by atoms with E-state index in [1.54, 1.807) is 12.1 Å². The molecule has 72 valence electrons. The maximum absolute atomic E-state index is 11.2. The molecule has 3 nitrogen and oxygen atoms in total. The molecule has 0 heterocycles. The molecular weight excluding hydrogens is 178 g/mol. The minimum absolute atomic E-state index is 0.0384. The van der Waals surface area contributed by atoms with Gasteiger partial charge in [0.25, 0.3) is 0 Å². The number of hydrogen-bond acceptors (Lipinski definition) is 3. The summed E-state index contributed by atoms with van der Waals surface area (Å²) in [6.07, 6.45) is 0. The van der Waals surface area contributed by atoms with Crippen LogP contribution in [0.3, 0.4) is 0 Å². The molecule has 0 aliphatic heterocycles. The van der Waals surface area contributed by atoms with Crippen LogP contribution in [-0.2, 0) is 0 Å². The number of hydrogen-bond donors (Lipinski definition) is 0. The molecular formula is C11H11NO2. The minimum atomic E-state index is -0.0540. The van der Waals surface area contributed by atoms with Gasteiger partial charge in [-0.15, -0.1) is 0 Å². The Kier molecular flexibility index (Phi) is 3.24. The van der Waals surface area contributed by atoms with Gasteiger partial charge in [-0.3, -0.25) is 4.79 Å². The Labute approximate surface area is 82.9 Å². The van der Waals surface area contributed by atoms with Crippen LogP contribution in [0.25, 0.3) is 0 Å². The SMILES string of the molecule is CC(=O)c1cc(C)ccc1OCC#N. The van der Waals surface area contributed by atoms with Crippen molar-refractivity contribution in [2.24, 2.45) is 0 Å². The lowest BCUT2D eigenvalue weighted by Crippen LogP contribution is -2.01. The Morgan fingerprint density at radius 3 is 2.86 bits per heavy atom. The monoisotopic (exact) mass is 189 g/mol. The van der Waals surface area contributed by atoms with E-state index in [1.165, 1.54) is 6.92 Å². The van der Waals surface area contributed by atoms with Crippen molar-refractivity contribution in [2.75, 3.05) is 6.61 Å². The number of nitriles is 1. The van der Waals surface area contributed by atoms with E-state index >= 15 is 0 Å². The summed E-state index contributed by atoms with van der Waals surface area (Å²) in [5.41, 5.74) is 1.53. The molecule has 0 bridgehead atoms. The van der Waals surface area contributed by atoms with Crippen LogP contribution in [-0.4, -0.2) is 12.4 Å². The zero-order valence-corrected chi connectivity index (χ0v) is 8.20. The van der Waals surface area contributed by atoms with Crippen molar-refractivity contribution in [3.05, 3.63) is 29.3 Å². The van der Waals surface area contributed by atoms with Gasteiger partial charge in [0.1, 0.15) is 11.8 Å². The summed E-state index contributed by atoms with van der Waals surface area (Å²) >= 11 is 0. The molecule has 0 radical (unpaired) electrons. The van der Waals surface area contributed by atoms with Crippen LogP contribution in [0.5, 0.6) is 5.75 Å². The average molecular weight is 189 g/mol. The van der Waals surface area contributed by atoms with E-state index in [9.17, 15) is 4.79 Å². The van der Waals surface area contributed by atoms with E-state index in [2.05, 4.69) is 0 Å².